The van der Waals surface area contributed by atoms with E-state index < -0.39 is 11.8 Å². The van der Waals surface area contributed by atoms with E-state index >= 15 is 0 Å². The molecular weight excluding hydrogens is 352 g/mol. The van der Waals surface area contributed by atoms with E-state index in [0.29, 0.717) is 15.9 Å². The first-order valence-electron chi connectivity index (χ1n) is 6.40. The van der Waals surface area contributed by atoms with E-state index in [2.05, 4.69) is 26.6 Å². The van der Waals surface area contributed by atoms with Crippen molar-refractivity contribution in [3.8, 4) is 0 Å². The molecule has 0 atom stereocenters. The number of halogens is 1. The maximum atomic E-state index is 11.8. The smallest absolute Gasteiger partial charge is 0.287 e. The van der Waals surface area contributed by atoms with E-state index in [0.717, 1.165) is 0 Å². The summed E-state index contributed by atoms with van der Waals surface area (Å²) in [6, 6.07) is 9.65. The summed E-state index contributed by atoms with van der Waals surface area (Å²) in [7, 11) is 0. The lowest BCUT2D eigenvalue weighted by molar-refractivity contribution is -0.115. The van der Waals surface area contributed by atoms with Crippen LogP contribution < -0.4 is 10.6 Å². The summed E-state index contributed by atoms with van der Waals surface area (Å²) >= 11 is 3.09. The molecule has 0 aliphatic heterocycles. The molecule has 2 N–H and O–H groups in total. The highest BCUT2D eigenvalue weighted by Gasteiger charge is 2.12. The van der Waals surface area contributed by atoms with Crippen LogP contribution in [-0.4, -0.2) is 24.1 Å². The fraction of sp³-hybridized carbons (Fsp3) is 0.133. The number of hydrogen-bond donors (Lipinski definition) is 2. The van der Waals surface area contributed by atoms with Crippen molar-refractivity contribution in [1.82, 2.24) is 5.32 Å². The monoisotopic (exact) mass is 364 g/mol. The molecule has 0 aliphatic rings. The van der Waals surface area contributed by atoms with Crippen LogP contribution in [0.4, 0.5) is 5.69 Å². The average Bonchev–Trinajstić information content (AvgIpc) is 2.91. The fourth-order valence-electron chi connectivity index (χ4n) is 1.71. The number of benzene rings is 1. The van der Waals surface area contributed by atoms with Gasteiger partial charge in [-0.15, -0.1) is 0 Å². The van der Waals surface area contributed by atoms with Crippen molar-refractivity contribution < 1.29 is 18.8 Å². The first kappa shape index (κ1) is 16.0. The first-order valence-corrected chi connectivity index (χ1v) is 7.19. The summed E-state index contributed by atoms with van der Waals surface area (Å²) < 4.78 is 5.51. The average molecular weight is 365 g/mol. The van der Waals surface area contributed by atoms with E-state index in [1.807, 2.05) is 0 Å². The summed E-state index contributed by atoms with van der Waals surface area (Å²) in [5.74, 6) is -0.871. The second-order valence-corrected chi connectivity index (χ2v) is 5.25. The molecule has 114 valence electrons. The van der Waals surface area contributed by atoms with Crippen LogP contribution in [0.3, 0.4) is 0 Å². The predicted octanol–water partition coefficient (Wildman–Crippen LogP) is 2.61. The first-order chi connectivity index (χ1) is 10.5. The number of ketones is 1. The number of carbonyl (C=O) groups excluding carboxylic acids is 3. The van der Waals surface area contributed by atoms with E-state index in [-0.39, 0.29) is 18.1 Å². The Labute approximate surface area is 135 Å². The molecule has 0 bridgehead atoms. The molecule has 0 aliphatic carbocycles. The lowest BCUT2D eigenvalue weighted by atomic mass is 10.1. The van der Waals surface area contributed by atoms with Crippen LogP contribution in [0.5, 0.6) is 0 Å². The molecule has 2 aromatic rings. The number of nitrogens with one attached hydrogen (secondary N) is 2. The van der Waals surface area contributed by atoms with Crippen LogP contribution in [0.1, 0.15) is 27.8 Å². The number of furan rings is 1. The van der Waals surface area contributed by atoms with E-state index in [4.69, 9.17) is 4.42 Å². The Morgan fingerprint density at radius 1 is 1.18 bits per heavy atom. The summed E-state index contributed by atoms with van der Waals surface area (Å²) in [5, 5.41) is 5.04. The highest BCUT2D eigenvalue weighted by atomic mass is 79.9. The van der Waals surface area contributed by atoms with E-state index in [1.54, 1.807) is 30.3 Å². The Hall–Kier alpha value is -2.41. The zero-order chi connectivity index (χ0) is 16.1. The van der Waals surface area contributed by atoms with Gasteiger partial charge in [-0.1, -0.05) is 12.1 Å². The van der Waals surface area contributed by atoms with Crippen LogP contribution in [-0.2, 0) is 4.79 Å². The van der Waals surface area contributed by atoms with Crippen molar-refractivity contribution in [2.75, 3.05) is 11.9 Å². The van der Waals surface area contributed by atoms with Crippen molar-refractivity contribution in [3.05, 3.63) is 52.4 Å². The van der Waals surface area contributed by atoms with Gasteiger partial charge in [0.25, 0.3) is 5.91 Å². The predicted molar refractivity (Wildman–Crippen MR) is 83.8 cm³/mol. The number of amides is 2. The second-order valence-electron chi connectivity index (χ2n) is 4.47. The van der Waals surface area contributed by atoms with Gasteiger partial charge in [-0.05, 0) is 47.1 Å². The van der Waals surface area contributed by atoms with Gasteiger partial charge in [-0.2, -0.15) is 0 Å². The third kappa shape index (κ3) is 4.29. The quantitative estimate of drug-likeness (QED) is 0.798. The SMILES string of the molecule is CC(=O)c1cccc(NC(=O)CNC(=O)c2ccc(Br)o2)c1. The van der Waals surface area contributed by atoms with Gasteiger partial charge in [-0.25, -0.2) is 0 Å². The molecule has 1 heterocycles. The van der Waals surface area contributed by atoms with Gasteiger partial charge in [0.05, 0.1) is 6.54 Å². The lowest BCUT2D eigenvalue weighted by Gasteiger charge is -2.07. The lowest BCUT2D eigenvalue weighted by Crippen LogP contribution is -2.32. The zero-order valence-corrected chi connectivity index (χ0v) is 13.3. The third-order valence-corrected chi connectivity index (χ3v) is 3.19. The summed E-state index contributed by atoms with van der Waals surface area (Å²) in [6.07, 6.45) is 0. The van der Waals surface area contributed by atoms with Crippen molar-refractivity contribution >= 4 is 39.2 Å². The number of rotatable bonds is 5. The minimum Gasteiger partial charge on any atom is -0.444 e. The fourth-order valence-corrected chi connectivity index (χ4v) is 2.01. The van der Waals surface area contributed by atoms with Gasteiger partial charge in [0.1, 0.15) is 0 Å². The molecule has 22 heavy (non-hydrogen) atoms. The van der Waals surface area contributed by atoms with Gasteiger partial charge < -0.3 is 15.1 Å². The van der Waals surface area contributed by atoms with Crippen LogP contribution in [0, 0.1) is 0 Å². The van der Waals surface area contributed by atoms with Gasteiger partial charge >= 0.3 is 0 Å². The molecule has 2 amide bonds. The molecule has 0 radical (unpaired) electrons. The largest absolute Gasteiger partial charge is 0.444 e. The summed E-state index contributed by atoms with van der Waals surface area (Å²) in [5.41, 5.74) is 0.995. The minimum atomic E-state index is -0.488. The molecule has 0 saturated carbocycles. The number of anilines is 1. The standard InChI is InChI=1S/C15H13BrN2O4/c1-9(19)10-3-2-4-11(7-10)18-14(20)8-17-15(21)12-5-6-13(16)22-12/h2-7H,8H2,1H3,(H,17,21)(H,18,20). The van der Waals surface area contributed by atoms with Gasteiger partial charge in [0.15, 0.2) is 16.2 Å². The number of carbonyl (C=O) groups is 3. The van der Waals surface area contributed by atoms with Crippen LogP contribution in [0.2, 0.25) is 0 Å². The molecule has 1 aromatic carbocycles. The molecule has 0 spiro atoms. The topological polar surface area (TPSA) is 88.4 Å². The van der Waals surface area contributed by atoms with Gasteiger partial charge in [-0.3, -0.25) is 14.4 Å². The van der Waals surface area contributed by atoms with Crippen molar-refractivity contribution in [2.24, 2.45) is 0 Å². The molecule has 6 nitrogen and oxygen atoms in total. The van der Waals surface area contributed by atoms with Gasteiger partial charge in [0.2, 0.25) is 5.91 Å². The molecule has 0 saturated heterocycles. The van der Waals surface area contributed by atoms with Crippen molar-refractivity contribution in [1.29, 1.82) is 0 Å². The Morgan fingerprint density at radius 3 is 2.59 bits per heavy atom. The Morgan fingerprint density at radius 2 is 1.95 bits per heavy atom. The third-order valence-electron chi connectivity index (χ3n) is 2.76. The summed E-state index contributed by atoms with van der Waals surface area (Å²) in [6.45, 7) is 1.24. The highest BCUT2D eigenvalue weighted by molar-refractivity contribution is 9.10. The Kier molecular flexibility index (Phi) is 5.11. The molecule has 2 rings (SSSR count). The van der Waals surface area contributed by atoms with Crippen LogP contribution in [0.25, 0.3) is 0 Å². The van der Waals surface area contributed by atoms with Crippen molar-refractivity contribution in [3.63, 3.8) is 0 Å². The maximum absolute atomic E-state index is 11.8. The van der Waals surface area contributed by atoms with E-state index in [1.165, 1.54) is 13.0 Å². The number of Topliss-reactive ketones (excluding diaryl/α,β-unsaturated/α-hetero) is 1. The molecule has 0 fully saturated rings. The second kappa shape index (κ2) is 7.04. The molecule has 0 unspecified atom stereocenters. The number of hydrogen-bond acceptors (Lipinski definition) is 4. The Bertz CT molecular complexity index is 724. The molecular formula is C15H13BrN2O4. The summed E-state index contributed by atoms with van der Waals surface area (Å²) in [4.78, 5) is 34.8. The van der Waals surface area contributed by atoms with Crippen molar-refractivity contribution in [2.45, 2.75) is 6.92 Å². The normalized spacial score (nSPS) is 10.1. The highest BCUT2D eigenvalue weighted by Crippen LogP contribution is 2.14. The molecule has 1 aromatic heterocycles. The van der Waals surface area contributed by atoms with Gasteiger partial charge in [0, 0.05) is 11.3 Å². The maximum Gasteiger partial charge on any atom is 0.287 e. The zero-order valence-electron chi connectivity index (χ0n) is 11.7. The Balaban J connectivity index is 1.89. The molecule has 7 heteroatoms. The van der Waals surface area contributed by atoms with E-state index in [9.17, 15) is 14.4 Å². The minimum absolute atomic E-state index is 0.0900. The van der Waals surface area contributed by atoms with Crippen LogP contribution in [0.15, 0.2) is 45.5 Å². The van der Waals surface area contributed by atoms with Crippen LogP contribution >= 0.6 is 15.9 Å².